The summed E-state index contributed by atoms with van der Waals surface area (Å²) in [6.45, 7) is 4.45. The van der Waals surface area contributed by atoms with Crippen molar-refractivity contribution in [1.82, 2.24) is 0 Å². The lowest BCUT2D eigenvalue weighted by Crippen LogP contribution is -2.11. The maximum Gasteiger partial charge on any atom is 0.131 e. The van der Waals surface area contributed by atoms with Gasteiger partial charge in [-0.15, -0.1) is 0 Å². The average molecular weight is 219 g/mol. The zero-order valence-corrected chi connectivity index (χ0v) is 10.3. The van der Waals surface area contributed by atoms with Gasteiger partial charge in [-0.05, 0) is 12.8 Å². The number of hydrogen-bond donors (Lipinski definition) is 1. The van der Waals surface area contributed by atoms with E-state index in [1.54, 1.807) is 11.8 Å². The van der Waals surface area contributed by atoms with Gasteiger partial charge in [0.15, 0.2) is 0 Å². The molecule has 0 rings (SSSR count). The molecule has 0 bridgehead atoms. The first-order valence-electron chi connectivity index (χ1n) is 5.16. The van der Waals surface area contributed by atoms with Crippen LogP contribution in [0.1, 0.15) is 52.4 Å². The molecule has 78 valence electrons. The highest BCUT2D eigenvalue weighted by Gasteiger charge is 2.09. The Bertz CT molecular complexity index is 129. The molecule has 0 aliphatic carbocycles. The average Bonchev–Trinajstić information content (AvgIpc) is 2.09. The van der Waals surface area contributed by atoms with Crippen LogP contribution in [0.5, 0.6) is 0 Å². The van der Waals surface area contributed by atoms with E-state index >= 15 is 0 Å². The van der Waals surface area contributed by atoms with Gasteiger partial charge in [0.2, 0.25) is 0 Å². The molecule has 0 saturated carbocycles. The molecule has 0 heterocycles. The normalized spacial score (nSPS) is 10.7. The van der Waals surface area contributed by atoms with Gasteiger partial charge in [0.05, 0.1) is 0 Å². The molecule has 0 aromatic heterocycles. The maximum absolute atomic E-state index is 5.53. The minimum atomic E-state index is 0.609. The summed E-state index contributed by atoms with van der Waals surface area (Å²) in [7, 11) is 0. The Morgan fingerprint density at radius 3 is 2.00 bits per heavy atom. The molecule has 0 unspecified atom stereocenters. The maximum atomic E-state index is 5.53. The Morgan fingerprint density at radius 2 is 1.69 bits per heavy atom. The van der Waals surface area contributed by atoms with Crippen LogP contribution in [0.25, 0.3) is 0 Å². The minimum Gasteiger partial charge on any atom is -0.385 e. The van der Waals surface area contributed by atoms with Crippen molar-refractivity contribution in [3.8, 4) is 0 Å². The smallest absolute Gasteiger partial charge is 0.131 e. The van der Waals surface area contributed by atoms with E-state index < -0.39 is 0 Å². The molecule has 0 spiro atoms. The fraction of sp³-hybridized carbons (Fsp3) is 0.900. The lowest BCUT2D eigenvalue weighted by atomic mass is 10.1. The lowest BCUT2D eigenvalue weighted by molar-refractivity contribution is 0.617. The van der Waals surface area contributed by atoms with Crippen LogP contribution in [0, 0.1) is 0 Å². The molecule has 3 heteroatoms. The van der Waals surface area contributed by atoms with E-state index in [9.17, 15) is 0 Å². The Balaban J connectivity index is 3.66. The Labute approximate surface area is 91.8 Å². The van der Waals surface area contributed by atoms with Gasteiger partial charge in [0, 0.05) is 5.25 Å². The van der Waals surface area contributed by atoms with Crippen molar-refractivity contribution in [2.75, 3.05) is 0 Å². The number of thioether (sulfide) groups is 1. The summed E-state index contributed by atoms with van der Waals surface area (Å²) in [5, 5.41) is 0.664. The molecule has 0 amide bonds. The summed E-state index contributed by atoms with van der Waals surface area (Å²) in [5.74, 6) is 0. The van der Waals surface area contributed by atoms with Crippen LogP contribution in [0.4, 0.5) is 0 Å². The molecular weight excluding hydrogens is 198 g/mol. The summed E-state index contributed by atoms with van der Waals surface area (Å²) < 4.78 is 0.609. The Morgan fingerprint density at radius 1 is 1.23 bits per heavy atom. The second kappa shape index (κ2) is 8.82. The van der Waals surface area contributed by atoms with Crippen LogP contribution in [-0.4, -0.2) is 9.57 Å². The molecule has 2 N–H and O–H groups in total. The summed E-state index contributed by atoms with van der Waals surface area (Å²) in [5.41, 5.74) is 5.53. The quantitative estimate of drug-likeness (QED) is 0.661. The molecular formula is C10H21NS2. The van der Waals surface area contributed by atoms with Crippen molar-refractivity contribution in [3.63, 3.8) is 0 Å². The third kappa shape index (κ3) is 8.57. The molecule has 1 nitrogen and oxygen atoms in total. The van der Waals surface area contributed by atoms with Crippen LogP contribution < -0.4 is 5.73 Å². The summed E-state index contributed by atoms with van der Waals surface area (Å²) >= 11 is 6.60. The highest BCUT2D eigenvalue weighted by atomic mass is 32.2. The van der Waals surface area contributed by atoms with Gasteiger partial charge < -0.3 is 5.73 Å². The van der Waals surface area contributed by atoms with Crippen LogP contribution in [-0.2, 0) is 0 Å². The van der Waals surface area contributed by atoms with E-state index in [-0.39, 0.29) is 0 Å². The molecule has 0 aromatic rings. The highest BCUT2D eigenvalue weighted by Crippen LogP contribution is 2.22. The van der Waals surface area contributed by atoms with Crippen molar-refractivity contribution in [2.45, 2.75) is 57.6 Å². The monoisotopic (exact) mass is 219 g/mol. The van der Waals surface area contributed by atoms with Gasteiger partial charge in [0.25, 0.3) is 0 Å². The molecule has 0 fully saturated rings. The largest absolute Gasteiger partial charge is 0.385 e. The van der Waals surface area contributed by atoms with E-state index in [4.69, 9.17) is 18.0 Å². The standard InChI is InChI=1S/C10H21NS2/c1-3-5-7-9(8-6-4-2)13-10(11)12/h9H,3-8H2,1-2H3,(H2,11,12). The van der Waals surface area contributed by atoms with Gasteiger partial charge in [-0.2, -0.15) is 0 Å². The third-order valence-electron chi connectivity index (χ3n) is 2.04. The van der Waals surface area contributed by atoms with Crippen LogP contribution >= 0.6 is 24.0 Å². The van der Waals surface area contributed by atoms with Crippen molar-refractivity contribution in [2.24, 2.45) is 5.73 Å². The summed E-state index contributed by atoms with van der Waals surface area (Å²) in [4.78, 5) is 0. The first-order chi connectivity index (χ1) is 6.20. The zero-order chi connectivity index (χ0) is 10.1. The summed E-state index contributed by atoms with van der Waals surface area (Å²) in [6, 6.07) is 0. The van der Waals surface area contributed by atoms with Crippen molar-refractivity contribution < 1.29 is 0 Å². The highest BCUT2D eigenvalue weighted by molar-refractivity contribution is 8.23. The van der Waals surface area contributed by atoms with E-state index in [0.29, 0.717) is 9.57 Å². The second-order valence-electron chi connectivity index (χ2n) is 3.34. The first-order valence-corrected chi connectivity index (χ1v) is 6.45. The fourth-order valence-electron chi connectivity index (χ4n) is 1.29. The third-order valence-corrected chi connectivity index (χ3v) is 3.37. The molecule has 13 heavy (non-hydrogen) atoms. The topological polar surface area (TPSA) is 26.0 Å². The predicted molar refractivity (Wildman–Crippen MR) is 67.2 cm³/mol. The zero-order valence-electron chi connectivity index (χ0n) is 8.71. The summed E-state index contributed by atoms with van der Waals surface area (Å²) in [6.07, 6.45) is 7.64. The Hall–Kier alpha value is 0.240. The SMILES string of the molecule is CCCCC(CCCC)SC(N)=S. The van der Waals surface area contributed by atoms with Gasteiger partial charge >= 0.3 is 0 Å². The van der Waals surface area contributed by atoms with E-state index in [1.165, 1.54) is 38.5 Å². The van der Waals surface area contributed by atoms with Crippen molar-refractivity contribution in [3.05, 3.63) is 0 Å². The van der Waals surface area contributed by atoms with Gasteiger partial charge in [-0.1, -0.05) is 63.5 Å². The minimum absolute atomic E-state index is 0.609. The molecule has 0 radical (unpaired) electrons. The second-order valence-corrected chi connectivity index (χ2v) is 5.38. The van der Waals surface area contributed by atoms with E-state index in [2.05, 4.69) is 13.8 Å². The van der Waals surface area contributed by atoms with E-state index in [1.807, 2.05) is 0 Å². The molecule has 0 aromatic carbocycles. The molecule has 0 saturated heterocycles. The fourth-order valence-corrected chi connectivity index (χ4v) is 2.60. The number of hydrogen-bond acceptors (Lipinski definition) is 2. The predicted octanol–water partition coefficient (Wildman–Crippen LogP) is 3.71. The van der Waals surface area contributed by atoms with E-state index in [0.717, 1.165) is 0 Å². The lowest BCUT2D eigenvalue weighted by Gasteiger charge is -2.14. The molecule has 0 aliphatic heterocycles. The van der Waals surface area contributed by atoms with Crippen molar-refractivity contribution in [1.29, 1.82) is 0 Å². The molecule has 0 aliphatic rings. The molecule has 0 atom stereocenters. The van der Waals surface area contributed by atoms with Crippen molar-refractivity contribution >= 4 is 28.3 Å². The van der Waals surface area contributed by atoms with Gasteiger partial charge in [-0.25, -0.2) is 0 Å². The first kappa shape index (κ1) is 13.2. The van der Waals surface area contributed by atoms with Crippen LogP contribution in [0.2, 0.25) is 0 Å². The van der Waals surface area contributed by atoms with Crippen LogP contribution in [0.15, 0.2) is 0 Å². The number of nitrogens with two attached hydrogens (primary N) is 1. The van der Waals surface area contributed by atoms with Gasteiger partial charge in [0.1, 0.15) is 4.32 Å². The Kier molecular flexibility index (Phi) is 8.98. The number of rotatable bonds is 7. The van der Waals surface area contributed by atoms with Gasteiger partial charge in [-0.3, -0.25) is 0 Å². The van der Waals surface area contributed by atoms with Crippen LogP contribution in [0.3, 0.4) is 0 Å². The number of thiocarbonyl (C=S) groups is 1. The number of unbranched alkanes of at least 4 members (excludes halogenated alkanes) is 2.